The highest BCUT2D eigenvalue weighted by Gasteiger charge is 2.28. The molecule has 0 aliphatic carbocycles. The van der Waals surface area contributed by atoms with Crippen molar-refractivity contribution in [2.45, 2.75) is 52.1 Å². The zero-order valence-corrected chi connectivity index (χ0v) is 17.7. The highest BCUT2D eigenvalue weighted by Crippen LogP contribution is 2.19. The Kier molecular flexibility index (Phi) is 9.13. The number of hydrogen-bond donors (Lipinski definition) is 1. The summed E-state index contributed by atoms with van der Waals surface area (Å²) in [5.74, 6) is -0.631. The summed E-state index contributed by atoms with van der Waals surface area (Å²) < 4.78 is 13.3. The van der Waals surface area contributed by atoms with E-state index < -0.39 is 6.04 Å². The van der Waals surface area contributed by atoms with Crippen LogP contribution in [-0.4, -0.2) is 29.3 Å². The highest BCUT2D eigenvalue weighted by molar-refractivity contribution is 6.31. The zero-order valence-electron chi connectivity index (χ0n) is 17.0. The molecule has 6 heteroatoms. The van der Waals surface area contributed by atoms with Crippen LogP contribution in [0.1, 0.15) is 44.2 Å². The van der Waals surface area contributed by atoms with Crippen molar-refractivity contribution in [2.75, 3.05) is 6.54 Å². The van der Waals surface area contributed by atoms with E-state index in [0.717, 1.165) is 17.5 Å². The summed E-state index contributed by atoms with van der Waals surface area (Å²) in [6.07, 6.45) is 2.04. The summed E-state index contributed by atoms with van der Waals surface area (Å²) in [6, 6.07) is 12.8. The third kappa shape index (κ3) is 6.86. The molecule has 29 heavy (non-hydrogen) atoms. The van der Waals surface area contributed by atoms with Crippen LogP contribution in [0.5, 0.6) is 0 Å². The summed E-state index contributed by atoms with van der Waals surface area (Å²) in [6.45, 7) is 4.68. The Morgan fingerprint density at radius 3 is 2.41 bits per heavy atom. The lowest BCUT2D eigenvalue weighted by Gasteiger charge is -2.31. The second kappa shape index (κ2) is 11.6. The van der Waals surface area contributed by atoms with Gasteiger partial charge in [0, 0.05) is 24.5 Å². The van der Waals surface area contributed by atoms with Crippen LogP contribution < -0.4 is 5.32 Å². The normalized spacial score (nSPS) is 11.7. The van der Waals surface area contributed by atoms with Gasteiger partial charge >= 0.3 is 0 Å². The van der Waals surface area contributed by atoms with Gasteiger partial charge in [0.15, 0.2) is 0 Å². The van der Waals surface area contributed by atoms with E-state index >= 15 is 0 Å². The van der Waals surface area contributed by atoms with Crippen molar-refractivity contribution in [1.29, 1.82) is 0 Å². The lowest BCUT2D eigenvalue weighted by atomic mass is 10.1. The molecular weight excluding hydrogens is 391 g/mol. The van der Waals surface area contributed by atoms with E-state index in [4.69, 9.17) is 11.6 Å². The van der Waals surface area contributed by atoms with E-state index in [-0.39, 0.29) is 30.6 Å². The summed E-state index contributed by atoms with van der Waals surface area (Å²) in [7, 11) is 0. The highest BCUT2D eigenvalue weighted by atomic mass is 35.5. The van der Waals surface area contributed by atoms with Crippen molar-refractivity contribution >= 4 is 23.4 Å². The number of halogens is 2. The van der Waals surface area contributed by atoms with E-state index in [0.29, 0.717) is 24.4 Å². The van der Waals surface area contributed by atoms with Crippen molar-refractivity contribution in [3.8, 4) is 0 Å². The topological polar surface area (TPSA) is 49.4 Å². The van der Waals surface area contributed by atoms with Crippen LogP contribution in [0, 0.1) is 5.82 Å². The molecule has 2 rings (SSSR count). The summed E-state index contributed by atoms with van der Waals surface area (Å²) in [5, 5.41) is 3.51. The third-order valence-corrected chi connectivity index (χ3v) is 5.14. The number of nitrogens with zero attached hydrogens (tertiary/aromatic N) is 1. The van der Waals surface area contributed by atoms with Gasteiger partial charge in [-0.2, -0.15) is 0 Å². The fraction of sp³-hybridized carbons (Fsp3) is 0.391. The first-order chi connectivity index (χ1) is 14.0. The van der Waals surface area contributed by atoms with Gasteiger partial charge in [-0.3, -0.25) is 9.59 Å². The smallest absolute Gasteiger partial charge is 0.242 e. The number of amides is 2. The molecular formula is C23H28ClFN2O2. The molecule has 0 fully saturated rings. The Bertz CT molecular complexity index is 811. The number of carbonyl (C=O) groups excluding carboxylic acids is 2. The van der Waals surface area contributed by atoms with Gasteiger partial charge in [0.1, 0.15) is 11.9 Å². The molecule has 2 amide bonds. The Morgan fingerprint density at radius 2 is 1.79 bits per heavy atom. The number of benzene rings is 2. The standard InChI is InChI=1S/C23H28ClFN2O2/c1-3-15-26-23(29)21(4-2)27(16-17-9-12-19(25)13-10-17)22(28)14-11-18-7-5-6-8-20(18)24/h5-10,12-13,21H,3-4,11,14-16H2,1-2H3,(H,26,29)/t21-/m1/s1. The third-order valence-electron chi connectivity index (χ3n) is 4.77. The number of aryl methyl sites for hydroxylation is 1. The summed E-state index contributed by atoms with van der Waals surface area (Å²) in [4.78, 5) is 27.4. The first-order valence-corrected chi connectivity index (χ1v) is 10.4. The second-order valence-electron chi connectivity index (χ2n) is 6.95. The van der Waals surface area contributed by atoms with Crippen molar-refractivity contribution in [1.82, 2.24) is 10.2 Å². The van der Waals surface area contributed by atoms with Crippen LogP contribution in [0.4, 0.5) is 4.39 Å². The van der Waals surface area contributed by atoms with Crippen molar-refractivity contribution in [2.24, 2.45) is 0 Å². The predicted molar refractivity (Wildman–Crippen MR) is 114 cm³/mol. The Hall–Kier alpha value is -2.40. The van der Waals surface area contributed by atoms with Crippen LogP contribution in [0.2, 0.25) is 5.02 Å². The average Bonchev–Trinajstić information content (AvgIpc) is 2.72. The first-order valence-electron chi connectivity index (χ1n) is 10.0. The van der Waals surface area contributed by atoms with E-state index in [1.165, 1.54) is 12.1 Å². The van der Waals surface area contributed by atoms with Gasteiger partial charge in [0.25, 0.3) is 0 Å². The van der Waals surface area contributed by atoms with Crippen LogP contribution in [0.25, 0.3) is 0 Å². The summed E-state index contributed by atoms with van der Waals surface area (Å²) in [5.41, 5.74) is 1.67. The number of nitrogens with one attached hydrogen (secondary N) is 1. The largest absolute Gasteiger partial charge is 0.354 e. The van der Waals surface area contributed by atoms with E-state index in [9.17, 15) is 14.0 Å². The Balaban J connectivity index is 2.19. The van der Waals surface area contributed by atoms with Gasteiger partial charge in [-0.25, -0.2) is 4.39 Å². The quantitative estimate of drug-likeness (QED) is 0.605. The molecule has 1 N–H and O–H groups in total. The number of rotatable bonds is 10. The fourth-order valence-electron chi connectivity index (χ4n) is 3.16. The van der Waals surface area contributed by atoms with Gasteiger partial charge in [0.05, 0.1) is 0 Å². The van der Waals surface area contributed by atoms with E-state index in [1.807, 2.05) is 32.0 Å². The van der Waals surface area contributed by atoms with Crippen LogP contribution in [-0.2, 0) is 22.6 Å². The Labute approximate surface area is 177 Å². The molecule has 2 aromatic rings. The molecule has 0 aliphatic rings. The molecule has 0 radical (unpaired) electrons. The van der Waals surface area contributed by atoms with Gasteiger partial charge in [-0.15, -0.1) is 0 Å². The lowest BCUT2D eigenvalue weighted by molar-refractivity contribution is -0.141. The molecule has 0 heterocycles. The lowest BCUT2D eigenvalue weighted by Crippen LogP contribution is -2.49. The van der Waals surface area contributed by atoms with Crippen molar-refractivity contribution < 1.29 is 14.0 Å². The fourth-order valence-corrected chi connectivity index (χ4v) is 3.39. The predicted octanol–water partition coefficient (Wildman–Crippen LogP) is 4.75. The molecule has 0 unspecified atom stereocenters. The maximum atomic E-state index is 13.3. The zero-order chi connectivity index (χ0) is 21.2. The van der Waals surface area contributed by atoms with Crippen LogP contribution >= 0.6 is 11.6 Å². The minimum atomic E-state index is -0.578. The molecule has 0 spiro atoms. The van der Waals surface area contributed by atoms with Gasteiger partial charge in [-0.05, 0) is 48.6 Å². The van der Waals surface area contributed by atoms with E-state index in [2.05, 4.69) is 5.32 Å². The SMILES string of the molecule is CCCNC(=O)[C@@H](CC)N(Cc1ccc(F)cc1)C(=O)CCc1ccccc1Cl. The molecule has 2 aromatic carbocycles. The van der Waals surface area contributed by atoms with Crippen molar-refractivity contribution in [3.63, 3.8) is 0 Å². The summed E-state index contributed by atoms with van der Waals surface area (Å²) >= 11 is 6.20. The van der Waals surface area contributed by atoms with Crippen molar-refractivity contribution in [3.05, 3.63) is 70.5 Å². The molecule has 0 saturated carbocycles. The van der Waals surface area contributed by atoms with Crippen LogP contribution in [0.15, 0.2) is 48.5 Å². The maximum Gasteiger partial charge on any atom is 0.242 e. The molecule has 4 nitrogen and oxygen atoms in total. The van der Waals surface area contributed by atoms with Gasteiger partial charge in [0.2, 0.25) is 11.8 Å². The average molecular weight is 419 g/mol. The van der Waals surface area contributed by atoms with Crippen LogP contribution in [0.3, 0.4) is 0 Å². The molecule has 1 atom stereocenters. The Morgan fingerprint density at radius 1 is 1.10 bits per heavy atom. The minimum Gasteiger partial charge on any atom is -0.354 e. The second-order valence-corrected chi connectivity index (χ2v) is 7.36. The number of hydrogen-bond acceptors (Lipinski definition) is 2. The number of carbonyl (C=O) groups is 2. The maximum absolute atomic E-state index is 13.3. The molecule has 0 bridgehead atoms. The van der Waals surface area contributed by atoms with Gasteiger partial charge < -0.3 is 10.2 Å². The van der Waals surface area contributed by atoms with E-state index in [1.54, 1.807) is 23.1 Å². The molecule has 0 aliphatic heterocycles. The minimum absolute atomic E-state index is 0.132. The molecule has 0 aromatic heterocycles. The monoisotopic (exact) mass is 418 g/mol. The first kappa shape index (κ1) is 22.9. The van der Waals surface area contributed by atoms with Gasteiger partial charge in [-0.1, -0.05) is 55.8 Å². The molecule has 156 valence electrons. The molecule has 0 saturated heterocycles.